The van der Waals surface area contributed by atoms with Crippen LogP contribution in [-0.4, -0.2) is 18.7 Å². The lowest BCUT2D eigenvalue weighted by atomic mass is 10.2. The molecule has 0 spiro atoms. The third-order valence-electron chi connectivity index (χ3n) is 3.67. The second-order valence-corrected chi connectivity index (χ2v) is 6.80. The van der Waals surface area contributed by atoms with E-state index < -0.39 is 0 Å². The van der Waals surface area contributed by atoms with E-state index in [1.807, 2.05) is 66.7 Å². The van der Waals surface area contributed by atoms with Crippen molar-refractivity contribution in [3.8, 4) is 11.5 Å². The van der Waals surface area contributed by atoms with Crippen molar-refractivity contribution in [1.29, 1.82) is 0 Å². The molecule has 0 saturated carbocycles. The predicted molar refractivity (Wildman–Crippen MR) is 113 cm³/mol. The molecule has 0 aliphatic carbocycles. The Morgan fingerprint density at radius 3 is 2.54 bits per heavy atom. The van der Waals surface area contributed by atoms with Crippen LogP contribution < -0.4 is 14.9 Å². The molecular weight excluding hydrogens is 420 g/mol. The van der Waals surface area contributed by atoms with Gasteiger partial charge in [-0.05, 0) is 47.5 Å². The van der Waals surface area contributed by atoms with E-state index in [0.29, 0.717) is 12.4 Å². The molecule has 0 fully saturated rings. The zero-order valence-corrected chi connectivity index (χ0v) is 16.6. The highest BCUT2D eigenvalue weighted by atomic mass is 79.9. The highest BCUT2D eigenvalue weighted by Gasteiger charge is 2.01. The first-order chi connectivity index (χ1) is 13.7. The third kappa shape index (κ3) is 6.55. The highest BCUT2D eigenvalue weighted by Crippen LogP contribution is 2.16. The summed E-state index contributed by atoms with van der Waals surface area (Å²) in [4.78, 5) is 11.8. The van der Waals surface area contributed by atoms with E-state index >= 15 is 0 Å². The number of para-hydroxylation sites is 1. The van der Waals surface area contributed by atoms with Gasteiger partial charge in [0.2, 0.25) is 0 Å². The molecule has 0 unspecified atom stereocenters. The van der Waals surface area contributed by atoms with Crippen LogP contribution in [0.25, 0.3) is 0 Å². The second kappa shape index (κ2) is 10.3. The van der Waals surface area contributed by atoms with Gasteiger partial charge in [-0.2, -0.15) is 5.10 Å². The van der Waals surface area contributed by atoms with Crippen molar-refractivity contribution in [3.63, 3.8) is 0 Å². The maximum absolute atomic E-state index is 11.8. The van der Waals surface area contributed by atoms with Gasteiger partial charge in [-0.3, -0.25) is 4.79 Å². The molecule has 0 aliphatic rings. The number of hydrogen-bond acceptors (Lipinski definition) is 4. The number of halogens is 1. The molecule has 28 heavy (non-hydrogen) atoms. The quantitative estimate of drug-likeness (QED) is 0.414. The van der Waals surface area contributed by atoms with Crippen molar-refractivity contribution < 1.29 is 14.3 Å². The SMILES string of the molecule is O=C(COc1ccccc1)NN=Cc1cccc(OCc2cccc(Br)c2)c1. The maximum Gasteiger partial charge on any atom is 0.277 e. The van der Waals surface area contributed by atoms with Crippen LogP contribution in [0, 0.1) is 0 Å². The highest BCUT2D eigenvalue weighted by molar-refractivity contribution is 9.10. The topological polar surface area (TPSA) is 59.9 Å². The van der Waals surface area contributed by atoms with Crippen LogP contribution in [-0.2, 0) is 11.4 Å². The Hall–Kier alpha value is -3.12. The van der Waals surface area contributed by atoms with Crippen molar-refractivity contribution in [3.05, 3.63) is 94.5 Å². The minimum Gasteiger partial charge on any atom is -0.489 e. The fraction of sp³-hybridized carbons (Fsp3) is 0.0909. The number of hydrazone groups is 1. The lowest BCUT2D eigenvalue weighted by Gasteiger charge is -2.07. The fourth-order valence-electron chi connectivity index (χ4n) is 2.35. The summed E-state index contributed by atoms with van der Waals surface area (Å²) in [5.74, 6) is 1.03. The summed E-state index contributed by atoms with van der Waals surface area (Å²) < 4.78 is 12.2. The molecule has 0 radical (unpaired) electrons. The molecule has 1 amide bonds. The molecule has 3 aromatic carbocycles. The fourth-order valence-corrected chi connectivity index (χ4v) is 2.80. The Balaban J connectivity index is 1.47. The summed E-state index contributed by atoms with van der Waals surface area (Å²) in [6.07, 6.45) is 1.56. The van der Waals surface area contributed by atoms with Crippen molar-refractivity contribution in [1.82, 2.24) is 5.43 Å². The number of nitrogens with zero attached hydrogens (tertiary/aromatic N) is 1. The van der Waals surface area contributed by atoms with Gasteiger partial charge in [-0.25, -0.2) is 5.43 Å². The first-order valence-corrected chi connectivity index (χ1v) is 9.45. The van der Waals surface area contributed by atoms with Crippen molar-refractivity contribution in [2.45, 2.75) is 6.61 Å². The Bertz CT molecular complexity index is 945. The first kappa shape index (κ1) is 19.6. The molecule has 0 heterocycles. The van der Waals surface area contributed by atoms with Gasteiger partial charge in [0.15, 0.2) is 6.61 Å². The van der Waals surface area contributed by atoms with E-state index in [4.69, 9.17) is 9.47 Å². The average molecular weight is 439 g/mol. The van der Waals surface area contributed by atoms with Gasteiger partial charge < -0.3 is 9.47 Å². The second-order valence-electron chi connectivity index (χ2n) is 5.89. The molecule has 0 aromatic heterocycles. The van der Waals surface area contributed by atoms with E-state index in [1.165, 1.54) is 0 Å². The standard InChI is InChI=1S/C22H19BrN2O3/c23-19-8-4-7-18(12-19)15-27-21-11-5-6-17(13-21)14-24-25-22(26)16-28-20-9-2-1-3-10-20/h1-14H,15-16H2,(H,25,26). The Labute approximate surface area is 172 Å². The third-order valence-corrected chi connectivity index (χ3v) is 4.16. The number of hydrogen-bond donors (Lipinski definition) is 1. The molecule has 142 valence electrons. The molecule has 0 bridgehead atoms. The normalized spacial score (nSPS) is 10.6. The van der Waals surface area contributed by atoms with Gasteiger partial charge in [0.25, 0.3) is 5.91 Å². The Morgan fingerprint density at radius 1 is 0.929 bits per heavy atom. The van der Waals surface area contributed by atoms with E-state index in [9.17, 15) is 4.79 Å². The minimum absolute atomic E-state index is 0.100. The zero-order valence-electron chi connectivity index (χ0n) is 15.0. The lowest BCUT2D eigenvalue weighted by molar-refractivity contribution is -0.123. The number of amides is 1. The molecule has 0 atom stereocenters. The van der Waals surface area contributed by atoms with Crippen LogP contribution in [0.5, 0.6) is 11.5 Å². The van der Waals surface area contributed by atoms with Gasteiger partial charge in [-0.1, -0.05) is 58.4 Å². The van der Waals surface area contributed by atoms with Crippen LogP contribution in [0.1, 0.15) is 11.1 Å². The van der Waals surface area contributed by atoms with E-state index in [-0.39, 0.29) is 12.5 Å². The summed E-state index contributed by atoms with van der Waals surface area (Å²) in [5.41, 5.74) is 4.33. The summed E-state index contributed by atoms with van der Waals surface area (Å²) in [5, 5.41) is 3.96. The zero-order chi connectivity index (χ0) is 19.6. The number of benzene rings is 3. The van der Waals surface area contributed by atoms with Crippen molar-refractivity contribution in [2.75, 3.05) is 6.61 Å². The van der Waals surface area contributed by atoms with Crippen LogP contribution in [0.15, 0.2) is 88.4 Å². The summed E-state index contributed by atoms with van der Waals surface area (Å²) in [6.45, 7) is 0.366. The Morgan fingerprint density at radius 2 is 1.71 bits per heavy atom. The maximum atomic E-state index is 11.8. The van der Waals surface area contributed by atoms with Gasteiger partial charge in [0, 0.05) is 4.47 Å². The first-order valence-electron chi connectivity index (χ1n) is 8.66. The Kier molecular flexibility index (Phi) is 7.21. The minimum atomic E-state index is -0.331. The van der Waals surface area contributed by atoms with Gasteiger partial charge in [0.1, 0.15) is 18.1 Å². The molecule has 0 aliphatic heterocycles. The molecule has 5 nitrogen and oxygen atoms in total. The summed E-state index contributed by atoms with van der Waals surface area (Å²) in [7, 11) is 0. The van der Waals surface area contributed by atoms with E-state index in [1.54, 1.807) is 18.3 Å². The molecule has 1 N–H and O–H groups in total. The monoisotopic (exact) mass is 438 g/mol. The summed E-state index contributed by atoms with van der Waals surface area (Å²) in [6, 6.07) is 24.6. The van der Waals surface area contributed by atoms with Crippen molar-refractivity contribution >= 4 is 28.1 Å². The molecular formula is C22H19BrN2O3. The van der Waals surface area contributed by atoms with Gasteiger partial charge in [-0.15, -0.1) is 0 Å². The lowest BCUT2D eigenvalue weighted by Crippen LogP contribution is -2.24. The van der Waals surface area contributed by atoms with Crippen LogP contribution in [0.2, 0.25) is 0 Å². The average Bonchev–Trinajstić information content (AvgIpc) is 2.72. The predicted octanol–water partition coefficient (Wildman–Crippen LogP) is 4.56. The number of nitrogens with one attached hydrogen (secondary N) is 1. The largest absolute Gasteiger partial charge is 0.489 e. The van der Waals surface area contributed by atoms with Crippen LogP contribution in [0.3, 0.4) is 0 Å². The molecule has 3 rings (SSSR count). The van der Waals surface area contributed by atoms with Gasteiger partial charge in [0.05, 0.1) is 6.21 Å². The van der Waals surface area contributed by atoms with Crippen molar-refractivity contribution in [2.24, 2.45) is 5.10 Å². The molecule has 0 saturated heterocycles. The smallest absolute Gasteiger partial charge is 0.277 e. The number of ether oxygens (including phenoxy) is 2. The molecule has 3 aromatic rings. The molecule has 6 heteroatoms. The number of carbonyl (C=O) groups excluding carboxylic acids is 1. The number of rotatable bonds is 8. The summed E-state index contributed by atoms with van der Waals surface area (Å²) >= 11 is 3.45. The number of carbonyl (C=O) groups is 1. The van der Waals surface area contributed by atoms with E-state index in [0.717, 1.165) is 21.3 Å². The van der Waals surface area contributed by atoms with E-state index in [2.05, 4.69) is 26.5 Å². The van der Waals surface area contributed by atoms with Crippen LogP contribution in [0.4, 0.5) is 0 Å². The van der Waals surface area contributed by atoms with Gasteiger partial charge >= 0.3 is 0 Å². The van der Waals surface area contributed by atoms with Crippen LogP contribution >= 0.6 is 15.9 Å².